The van der Waals surface area contributed by atoms with Gasteiger partial charge < -0.3 is 47.1 Å². The van der Waals surface area contributed by atoms with E-state index in [9.17, 15) is 67.1 Å². The van der Waals surface area contributed by atoms with E-state index >= 15 is 0 Å². The van der Waals surface area contributed by atoms with Crippen molar-refractivity contribution in [1.29, 1.82) is 0 Å². The quantitative estimate of drug-likeness (QED) is 0.0251. The van der Waals surface area contributed by atoms with Gasteiger partial charge in [0.2, 0.25) is 29.5 Å². The second-order valence-electron chi connectivity index (χ2n) is 24.1. The lowest BCUT2D eigenvalue weighted by Gasteiger charge is -2.69. The molecular weight excluding hydrogens is 1140 g/mol. The molecule has 0 spiro atoms. The van der Waals surface area contributed by atoms with E-state index in [0.29, 0.717) is 62.6 Å². The fourth-order valence-corrected chi connectivity index (χ4v) is 12.8. The number of Topliss-reactive ketones (excluding diaryl/α,β-unsaturated/α-hetero) is 4. The number of para-hydroxylation sites is 2. The van der Waals surface area contributed by atoms with Crippen LogP contribution in [0, 0.1) is 52.3 Å². The molecule has 2 aliphatic carbocycles. The molecule has 6 aliphatic rings. The lowest BCUT2D eigenvalue weighted by atomic mass is 9.36. The fourth-order valence-electron chi connectivity index (χ4n) is 12.8. The van der Waals surface area contributed by atoms with E-state index in [1.165, 1.54) is 13.8 Å². The van der Waals surface area contributed by atoms with Crippen LogP contribution >= 0.6 is 0 Å². The number of hydrogen-bond donors (Lipinski definition) is 9. The summed E-state index contributed by atoms with van der Waals surface area (Å²) >= 11 is 0. The topological polar surface area (TPSA) is 410 Å². The average Bonchev–Trinajstić information content (AvgIpc) is 0.688. The SMILES string of the molecule is CC(CN)CNC(=O)CC(=O)O.CCC(C)CCC(=O)CC(C)=O.CCC(CCC(=O)CC(=O)O)CCC12C(=O)NC(=O)CC1C1(CCC(CN)CNC(=O)CC(C)=O)C(=O)NC(=O)NC21.O=C1Oc2ccccc2C2C1C1c3ccccc3OC(=O)C21. The lowest BCUT2D eigenvalue weighted by Crippen LogP contribution is -2.86. The van der Waals surface area contributed by atoms with E-state index in [2.05, 4.69) is 40.4 Å². The van der Waals surface area contributed by atoms with E-state index in [-0.39, 0.29) is 128 Å². The minimum atomic E-state index is -1.25. The summed E-state index contributed by atoms with van der Waals surface area (Å²) in [6, 6.07) is 13.3. The molecule has 11 N–H and O–H groups in total. The Balaban J connectivity index is 0.000000251. The Morgan fingerprint density at radius 2 is 1.08 bits per heavy atom. The molecule has 7 amide bonds. The molecule has 4 aliphatic heterocycles. The number of fused-ring (bicyclic) bond motifs is 12. The molecule has 480 valence electrons. The summed E-state index contributed by atoms with van der Waals surface area (Å²) in [5, 5.41) is 29.7. The number of carbonyl (C=O) groups excluding carboxylic acids is 12. The highest BCUT2D eigenvalue weighted by atomic mass is 16.5. The van der Waals surface area contributed by atoms with Crippen LogP contribution in [-0.4, -0.2) is 125 Å². The van der Waals surface area contributed by atoms with Gasteiger partial charge in [0.15, 0.2) is 0 Å². The fraction of sp³-hybridized carbons (Fsp3) is 0.587. The monoisotopic (exact) mass is 1230 g/mol. The van der Waals surface area contributed by atoms with Crippen molar-refractivity contribution in [3.63, 3.8) is 0 Å². The minimum absolute atomic E-state index is 0.0217. The highest BCUT2D eigenvalue weighted by Crippen LogP contribution is 2.68. The smallest absolute Gasteiger partial charge is 0.321 e. The molecule has 0 radical (unpaired) electrons. The molecular formula is C63H85N7O18. The van der Waals surface area contributed by atoms with Crippen molar-refractivity contribution in [2.24, 2.45) is 63.7 Å². The van der Waals surface area contributed by atoms with Crippen LogP contribution in [0.4, 0.5) is 4.79 Å². The van der Waals surface area contributed by atoms with Gasteiger partial charge in [-0.1, -0.05) is 76.9 Å². The third kappa shape index (κ3) is 17.6. The molecule has 4 heterocycles. The predicted molar refractivity (Wildman–Crippen MR) is 315 cm³/mol. The van der Waals surface area contributed by atoms with Crippen molar-refractivity contribution >= 4 is 82.6 Å². The zero-order chi connectivity index (χ0) is 65.2. The second-order valence-corrected chi connectivity index (χ2v) is 24.1. The molecule has 8 unspecified atom stereocenters. The number of imide groups is 2. The molecule has 8 rings (SSSR count). The third-order valence-corrected chi connectivity index (χ3v) is 17.8. The van der Waals surface area contributed by atoms with Gasteiger partial charge in [0.25, 0.3) is 0 Å². The van der Waals surface area contributed by atoms with Crippen molar-refractivity contribution in [2.45, 2.75) is 156 Å². The number of ketones is 4. The van der Waals surface area contributed by atoms with Gasteiger partial charge in [0.1, 0.15) is 47.5 Å². The standard InChI is InChI=1S/C28H41N5O9.C18H12O4.C10H18O2.C7H14N2O3/c1-3-16(4-5-18(35)11-22(38)39)6-8-27-19(12-21(37)31-24(27)40)28(23(27)32-26(42)33-25(28)41)9-7-17(13-29)14-30-20(36)10-15(2)34;19-17-15-13(9-5-1-3-7-11(9)21-17)16-14(15)10-6-2-4-8-12(10)22-18(16)20;1-4-8(2)5-6-10(12)7-9(3)11;1-5(3-8)4-9-6(10)2-7(11)12/h16-17,19,23H,3-14,29H2,1-2H3,(H,30,36)(H,38,39)(H,31,37,40)(H2,32,33,41,42);1-8,13-16H;8H,4-7H2,1-3H3;5H,2-4,8H2,1H3,(H,9,10)(H,11,12). The van der Waals surface area contributed by atoms with Gasteiger partial charge in [-0.15, -0.1) is 0 Å². The van der Waals surface area contributed by atoms with Crippen molar-refractivity contribution in [3.05, 3.63) is 59.7 Å². The number of carbonyl (C=O) groups is 14. The molecule has 25 nitrogen and oxygen atoms in total. The highest BCUT2D eigenvalue weighted by Gasteiger charge is 2.79. The molecule has 88 heavy (non-hydrogen) atoms. The summed E-state index contributed by atoms with van der Waals surface area (Å²) < 4.78 is 10.9. The molecule has 25 heteroatoms. The molecule has 4 fully saturated rings. The number of amides is 7. The number of nitrogens with two attached hydrogens (primary N) is 2. The molecule has 0 bridgehead atoms. The van der Waals surface area contributed by atoms with Gasteiger partial charge in [-0.2, -0.15) is 0 Å². The summed E-state index contributed by atoms with van der Waals surface area (Å²) in [5.41, 5.74) is 10.6. The first-order valence-electron chi connectivity index (χ1n) is 30.1. The van der Waals surface area contributed by atoms with Gasteiger partial charge in [-0.25, -0.2) is 4.79 Å². The summed E-state index contributed by atoms with van der Waals surface area (Å²) in [7, 11) is 0. The van der Waals surface area contributed by atoms with Crippen LogP contribution in [0.25, 0.3) is 0 Å². The normalized spacial score (nSPS) is 24.3. The molecule has 2 aromatic carbocycles. The summed E-state index contributed by atoms with van der Waals surface area (Å²) in [4.78, 5) is 165. The predicted octanol–water partition coefficient (Wildman–Crippen LogP) is 4.10. The maximum absolute atomic E-state index is 13.5. The van der Waals surface area contributed by atoms with Crippen molar-refractivity contribution in [1.82, 2.24) is 26.6 Å². The Bertz CT molecular complexity index is 2770. The van der Waals surface area contributed by atoms with Gasteiger partial charge in [0.05, 0.1) is 41.5 Å². The van der Waals surface area contributed by atoms with Crippen LogP contribution < -0.4 is 47.5 Å². The van der Waals surface area contributed by atoms with Crippen LogP contribution in [0.5, 0.6) is 11.5 Å². The molecule has 0 aromatic heterocycles. The zero-order valence-corrected chi connectivity index (χ0v) is 50.9. The number of rotatable bonds is 28. The lowest BCUT2D eigenvalue weighted by molar-refractivity contribution is -0.206. The Morgan fingerprint density at radius 1 is 0.591 bits per heavy atom. The maximum Gasteiger partial charge on any atom is 0.321 e. The van der Waals surface area contributed by atoms with Gasteiger partial charge in [-0.05, 0) is 112 Å². The largest absolute Gasteiger partial charge is 0.481 e. The van der Waals surface area contributed by atoms with Crippen molar-refractivity contribution < 1.29 is 86.8 Å². The number of aliphatic carboxylic acids is 2. The number of carboxylic acid groups (broad SMARTS) is 2. The number of piperidine rings is 1. The second kappa shape index (κ2) is 32.2. The first-order chi connectivity index (χ1) is 41.7. The van der Waals surface area contributed by atoms with Crippen LogP contribution in [0.3, 0.4) is 0 Å². The summed E-state index contributed by atoms with van der Waals surface area (Å²) in [6.45, 7) is 12.1. The van der Waals surface area contributed by atoms with E-state index in [4.69, 9.17) is 31.2 Å². The Labute approximate surface area is 511 Å². The van der Waals surface area contributed by atoms with Gasteiger partial charge in [-0.3, -0.25) is 73.0 Å². The molecule has 2 saturated heterocycles. The molecule has 8 atom stereocenters. The third-order valence-electron chi connectivity index (χ3n) is 17.8. The van der Waals surface area contributed by atoms with E-state index in [1.54, 1.807) is 12.1 Å². The maximum atomic E-state index is 13.5. The summed E-state index contributed by atoms with van der Waals surface area (Å²) in [5.74, 6) is -5.87. The number of hydrogen-bond acceptors (Lipinski definition) is 18. The van der Waals surface area contributed by atoms with Gasteiger partial charge >= 0.3 is 29.9 Å². The Kier molecular flexibility index (Phi) is 25.9. The van der Waals surface area contributed by atoms with Crippen molar-refractivity contribution in [2.75, 3.05) is 26.2 Å². The van der Waals surface area contributed by atoms with Crippen LogP contribution in [-0.2, 0) is 62.3 Å². The average molecular weight is 1230 g/mol. The number of benzene rings is 2. The number of urea groups is 1. The van der Waals surface area contributed by atoms with Crippen LogP contribution in [0.15, 0.2) is 48.5 Å². The first-order valence-corrected chi connectivity index (χ1v) is 30.1. The zero-order valence-electron chi connectivity index (χ0n) is 50.9. The number of nitrogens with one attached hydrogen (secondary N) is 5. The van der Waals surface area contributed by atoms with E-state index in [0.717, 1.165) is 24.0 Å². The minimum Gasteiger partial charge on any atom is -0.481 e. The molecule has 2 aromatic rings. The molecule has 2 saturated carbocycles. The van der Waals surface area contributed by atoms with Crippen molar-refractivity contribution in [3.8, 4) is 11.5 Å². The summed E-state index contributed by atoms with van der Waals surface area (Å²) in [6.07, 6.45) is 3.77. The van der Waals surface area contributed by atoms with Crippen LogP contribution in [0.1, 0.15) is 161 Å². The number of esters is 2. The Morgan fingerprint density at radius 3 is 1.58 bits per heavy atom. The van der Waals surface area contributed by atoms with E-state index < -0.39 is 83.1 Å². The highest BCUT2D eigenvalue weighted by molar-refractivity contribution is 6.09. The van der Waals surface area contributed by atoms with Gasteiger partial charge in [0, 0.05) is 50.1 Å². The van der Waals surface area contributed by atoms with Crippen LogP contribution in [0.2, 0.25) is 0 Å². The number of carboxylic acids is 2. The Hall–Kier alpha value is -8.06. The number of ether oxygens (including phenoxy) is 2. The first kappa shape index (κ1) is 70.7. The van der Waals surface area contributed by atoms with E-state index in [1.807, 2.05) is 50.2 Å².